The molecule has 0 saturated heterocycles. The maximum absolute atomic E-state index is 12.5. The highest BCUT2D eigenvalue weighted by molar-refractivity contribution is 6.06. The van der Waals surface area contributed by atoms with E-state index in [1.54, 1.807) is 0 Å². The minimum atomic E-state index is -0.619. The van der Waals surface area contributed by atoms with E-state index < -0.39 is 24.7 Å². The molecule has 41 heavy (non-hydrogen) atoms. The van der Waals surface area contributed by atoms with E-state index in [-0.39, 0.29) is 41.1 Å². The molecule has 4 N–H and O–H groups in total. The summed E-state index contributed by atoms with van der Waals surface area (Å²) in [6, 6.07) is 0. The topological polar surface area (TPSA) is 137 Å². The van der Waals surface area contributed by atoms with Gasteiger partial charge in [0.2, 0.25) is 0 Å². The van der Waals surface area contributed by atoms with Crippen LogP contribution in [-0.2, 0) is 14.3 Å². The van der Waals surface area contributed by atoms with E-state index in [2.05, 4.69) is 35.8 Å². The Labute approximate surface area is 242 Å². The van der Waals surface area contributed by atoms with Gasteiger partial charge >= 0.3 is 6.09 Å². The summed E-state index contributed by atoms with van der Waals surface area (Å²) in [5, 5.41) is 27.8. The lowest BCUT2D eigenvalue weighted by molar-refractivity contribution is -0.140. The molecule has 0 spiro atoms. The lowest BCUT2D eigenvalue weighted by atomic mass is 9.46. The van der Waals surface area contributed by atoms with Crippen LogP contribution in [-0.4, -0.2) is 59.1 Å². The van der Waals surface area contributed by atoms with Crippen molar-refractivity contribution in [2.45, 2.75) is 90.3 Å². The Balaban J connectivity index is 1.18. The number of nitrogens with zero attached hydrogens (tertiary/aromatic N) is 1. The molecule has 8 atom stereocenters. The van der Waals surface area contributed by atoms with Crippen molar-refractivity contribution in [3.05, 3.63) is 36.0 Å². The van der Waals surface area contributed by atoms with Crippen LogP contribution in [0.5, 0.6) is 0 Å². The van der Waals surface area contributed by atoms with Crippen molar-refractivity contribution < 1.29 is 29.3 Å². The molecule has 0 heterocycles. The van der Waals surface area contributed by atoms with Crippen LogP contribution >= 0.6 is 0 Å². The van der Waals surface area contributed by atoms with Gasteiger partial charge in [-0.1, -0.05) is 38.0 Å². The molecule has 0 bridgehead atoms. The predicted molar refractivity (Wildman–Crippen MR) is 155 cm³/mol. The average molecular weight is 568 g/mol. The number of aliphatic hydroxyl groups is 2. The predicted octanol–water partition coefficient (Wildman–Crippen LogP) is 3.96. The second-order valence-electron chi connectivity index (χ2n) is 13.1. The number of nitrogens with one attached hydrogen (secondary N) is 2. The van der Waals surface area contributed by atoms with E-state index in [1.807, 2.05) is 24.3 Å². The van der Waals surface area contributed by atoms with Crippen LogP contribution in [0, 0.1) is 34.5 Å². The zero-order chi connectivity index (χ0) is 29.2. The number of amides is 2. The lowest BCUT2D eigenvalue weighted by Gasteiger charge is -2.58. The molecule has 0 aromatic heterocycles. The van der Waals surface area contributed by atoms with Crippen LogP contribution in [0.2, 0.25) is 0 Å². The summed E-state index contributed by atoms with van der Waals surface area (Å²) in [5.74, 6) is -0.0334. The first-order valence-corrected chi connectivity index (χ1v) is 15.4. The number of allylic oxidation sites excluding steroid dienone is 5. The Morgan fingerprint density at radius 2 is 1.95 bits per heavy atom. The summed E-state index contributed by atoms with van der Waals surface area (Å²) >= 11 is 0. The molecule has 0 radical (unpaired) electrons. The summed E-state index contributed by atoms with van der Waals surface area (Å²) in [6.45, 7) is 3.66. The van der Waals surface area contributed by atoms with Gasteiger partial charge in [-0.05, 0) is 93.3 Å². The van der Waals surface area contributed by atoms with Crippen molar-refractivity contribution in [2.24, 2.45) is 39.6 Å². The van der Waals surface area contributed by atoms with E-state index in [0.717, 1.165) is 57.8 Å². The SMILES string of the molecule is CC12C=C/C(=N\NC(=O)CNC(=O)OC3/C=C/CCCCC3)C=C1CCC1C2C(O)CC2(C)C(C(=O)CO)CCC12. The number of hydrogen-bond acceptors (Lipinski definition) is 7. The maximum Gasteiger partial charge on any atom is 0.408 e. The monoisotopic (exact) mass is 567 g/mol. The number of carbonyl (C=O) groups is 3. The third-order valence-corrected chi connectivity index (χ3v) is 10.7. The number of Topliss-reactive ketones (excluding diaryl/α,β-unsaturated/α-hetero) is 1. The minimum absolute atomic E-state index is 0.0406. The van der Waals surface area contributed by atoms with Gasteiger partial charge in [0, 0.05) is 17.3 Å². The van der Waals surface area contributed by atoms with Gasteiger partial charge in [0.1, 0.15) is 19.3 Å². The van der Waals surface area contributed by atoms with Crippen LogP contribution in [0.15, 0.2) is 41.1 Å². The van der Waals surface area contributed by atoms with Crippen LogP contribution in [0.4, 0.5) is 4.79 Å². The molecule has 3 fully saturated rings. The molecule has 5 aliphatic rings. The minimum Gasteiger partial charge on any atom is -0.442 e. The summed E-state index contributed by atoms with van der Waals surface area (Å²) < 4.78 is 5.43. The molecule has 9 nitrogen and oxygen atoms in total. The van der Waals surface area contributed by atoms with Gasteiger partial charge in [-0.2, -0.15) is 5.10 Å². The lowest BCUT2D eigenvalue weighted by Crippen LogP contribution is -2.56. The Morgan fingerprint density at radius 3 is 2.76 bits per heavy atom. The Hall–Kier alpha value is -2.78. The average Bonchev–Trinajstić information content (AvgIpc) is 3.27. The third-order valence-electron chi connectivity index (χ3n) is 10.7. The van der Waals surface area contributed by atoms with Crippen molar-refractivity contribution in [3.8, 4) is 0 Å². The second-order valence-corrected chi connectivity index (χ2v) is 13.1. The van der Waals surface area contributed by atoms with Crippen molar-refractivity contribution in [1.29, 1.82) is 0 Å². The molecule has 0 aromatic carbocycles. The highest BCUT2D eigenvalue weighted by Crippen LogP contribution is 2.66. The third kappa shape index (κ3) is 5.93. The van der Waals surface area contributed by atoms with Gasteiger partial charge in [-0.15, -0.1) is 0 Å². The number of rotatable bonds is 6. The van der Waals surface area contributed by atoms with Gasteiger partial charge in [-0.25, -0.2) is 10.2 Å². The molecular formula is C32H45N3O6. The Morgan fingerprint density at radius 1 is 1.12 bits per heavy atom. The molecule has 5 aliphatic carbocycles. The summed E-state index contributed by atoms with van der Waals surface area (Å²) in [6.07, 6.45) is 17.7. The van der Waals surface area contributed by atoms with E-state index >= 15 is 0 Å². The zero-order valence-corrected chi connectivity index (χ0v) is 24.3. The van der Waals surface area contributed by atoms with Gasteiger partial charge in [0.25, 0.3) is 5.91 Å². The quantitative estimate of drug-likeness (QED) is 0.283. The van der Waals surface area contributed by atoms with E-state index in [1.165, 1.54) is 5.57 Å². The molecule has 8 unspecified atom stereocenters. The van der Waals surface area contributed by atoms with Gasteiger partial charge in [-0.3, -0.25) is 9.59 Å². The molecule has 0 aliphatic heterocycles. The van der Waals surface area contributed by atoms with E-state index in [0.29, 0.717) is 24.0 Å². The van der Waals surface area contributed by atoms with Crippen LogP contribution in [0.25, 0.3) is 0 Å². The number of hydrazone groups is 1. The first-order valence-electron chi connectivity index (χ1n) is 15.4. The standard InChI is InChI=1S/C32H45N3O6/c1-31-15-14-21(34-35-28(39)18-33-30(40)41-22-8-6-4-3-5-7-9-22)16-20(31)10-11-23-24-12-13-25(27(38)19-36)32(24,2)17-26(37)29(23)31/h6,8,14-16,22-26,29,36-37H,3-5,7,9-13,17-19H2,1-2H3,(H,33,40)(H,35,39)/b8-6+,34-21+. The number of hydrogen-bond donors (Lipinski definition) is 4. The molecule has 2 amide bonds. The smallest absolute Gasteiger partial charge is 0.408 e. The molecule has 3 saturated carbocycles. The van der Waals surface area contributed by atoms with Gasteiger partial charge < -0.3 is 20.3 Å². The summed E-state index contributed by atoms with van der Waals surface area (Å²) in [5.41, 5.74) is 3.73. The number of fused-ring (bicyclic) bond motifs is 5. The number of ether oxygens (including phenoxy) is 1. The molecule has 9 heteroatoms. The first-order chi connectivity index (χ1) is 19.7. The normalized spacial score (nSPS) is 39.7. The first kappa shape index (κ1) is 29.7. The van der Waals surface area contributed by atoms with Crippen molar-refractivity contribution >= 4 is 23.5 Å². The fourth-order valence-electron chi connectivity index (χ4n) is 8.77. The van der Waals surface area contributed by atoms with E-state index in [9.17, 15) is 24.6 Å². The fraction of sp³-hybridized carbons (Fsp3) is 0.688. The summed E-state index contributed by atoms with van der Waals surface area (Å²) in [7, 11) is 0. The molecule has 224 valence electrons. The maximum atomic E-state index is 12.5. The second kappa shape index (κ2) is 12.2. The number of alkyl carbamates (subject to hydrolysis) is 1. The largest absolute Gasteiger partial charge is 0.442 e. The number of carbonyl (C=O) groups excluding carboxylic acids is 3. The van der Waals surface area contributed by atoms with Gasteiger partial charge in [0.05, 0.1) is 11.8 Å². The molecular weight excluding hydrogens is 522 g/mol. The molecule has 0 aromatic rings. The van der Waals surface area contributed by atoms with Crippen LogP contribution < -0.4 is 10.7 Å². The zero-order valence-electron chi connectivity index (χ0n) is 24.3. The summed E-state index contributed by atoms with van der Waals surface area (Å²) in [4.78, 5) is 37.1. The highest BCUT2D eigenvalue weighted by atomic mass is 16.6. The van der Waals surface area contributed by atoms with E-state index in [4.69, 9.17) is 4.74 Å². The van der Waals surface area contributed by atoms with Gasteiger partial charge in [0.15, 0.2) is 5.78 Å². The van der Waals surface area contributed by atoms with Crippen molar-refractivity contribution in [1.82, 2.24) is 10.7 Å². The highest BCUT2D eigenvalue weighted by Gasteiger charge is 2.62. The Bertz CT molecular complexity index is 1160. The fourth-order valence-corrected chi connectivity index (χ4v) is 8.77. The number of aliphatic hydroxyl groups excluding tert-OH is 2. The number of ketones is 1. The molecule has 5 rings (SSSR count). The van der Waals surface area contributed by atoms with Crippen LogP contribution in [0.1, 0.15) is 78.1 Å². The van der Waals surface area contributed by atoms with Crippen molar-refractivity contribution in [3.63, 3.8) is 0 Å². The van der Waals surface area contributed by atoms with Crippen molar-refractivity contribution in [2.75, 3.05) is 13.2 Å². The Kier molecular flexibility index (Phi) is 8.85. The van der Waals surface area contributed by atoms with Crippen LogP contribution in [0.3, 0.4) is 0 Å².